The number of hydrogen-bond acceptors (Lipinski definition) is 3. The van der Waals surface area contributed by atoms with Gasteiger partial charge in [-0.1, -0.05) is 13.8 Å². The lowest BCUT2D eigenvalue weighted by molar-refractivity contribution is -0.143. The first kappa shape index (κ1) is 10.7. The molecule has 0 radical (unpaired) electrons. The van der Waals surface area contributed by atoms with Crippen molar-refractivity contribution in [2.24, 2.45) is 0 Å². The molecule has 0 saturated heterocycles. The highest BCUT2D eigenvalue weighted by Gasteiger charge is 2.06. The highest BCUT2D eigenvalue weighted by Crippen LogP contribution is 2.02. The van der Waals surface area contributed by atoms with E-state index in [2.05, 4.69) is 0 Å². The molecule has 0 N–H and O–H groups in total. The third-order valence-corrected chi connectivity index (χ3v) is 1.49. The molecule has 3 heteroatoms. The number of nitrogens with zero attached hydrogens (tertiary/aromatic N) is 1. The van der Waals surface area contributed by atoms with Gasteiger partial charge in [0.15, 0.2) is 0 Å². The smallest absolute Gasteiger partial charge is 0.331 e. The van der Waals surface area contributed by atoms with Crippen molar-refractivity contribution in [1.29, 1.82) is 5.26 Å². The molecule has 0 unspecified atom stereocenters. The topological polar surface area (TPSA) is 50.1 Å². The third-order valence-electron chi connectivity index (χ3n) is 1.49. The van der Waals surface area contributed by atoms with Gasteiger partial charge in [-0.2, -0.15) is 5.26 Å². The normalized spacial score (nSPS) is 10.2. The van der Waals surface area contributed by atoms with Crippen molar-refractivity contribution < 1.29 is 9.53 Å². The third kappa shape index (κ3) is 4.51. The maximum absolute atomic E-state index is 10.9. The van der Waals surface area contributed by atoms with E-state index in [1.165, 1.54) is 0 Å². The van der Waals surface area contributed by atoms with Crippen molar-refractivity contribution in [2.45, 2.75) is 32.8 Å². The van der Waals surface area contributed by atoms with E-state index in [0.29, 0.717) is 0 Å². The average molecular weight is 167 g/mol. The van der Waals surface area contributed by atoms with Gasteiger partial charge in [0.1, 0.15) is 6.10 Å². The van der Waals surface area contributed by atoms with E-state index in [9.17, 15) is 4.79 Å². The fourth-order valence-electron chi connectivity index (χ4n) is 0.764. The standard InChI is InChI=1S/C9H13NO2/c1-3-8(4-2)12-9(11)6-5-7-10/h5-6,8H,3-4H2,1-2H3. The largest absolute Gasteiger partial charge is 0.459 e. The Labute approximate surface area is 72.6 Å². The number of hydrogen-bond donors (Lipinski definition) is 0. The van der Waals surface area contributed by atoms with Crippen molar-refractivity contribution in [3.63, 3.8) is 0 Å². The van der Waals surface area contributed by atoms with Crippen molar-refractivity contribution >= 4 is 5.97 Å². The van der Waals surface area contributed by atoms with E-state index in [0.717, 1.165) is 25.0 Å². The Balaban J connectivity index is 3.83. The molecule has 0 spiro atoms. The summed E-state index contributed by atoms with van der Waals surface area (Å²) >= 11 is 0. The van der Waals surface area contributed by atoms with Crippen LogP contribution in [-0.4, -0.2) is 12.1 Å². The molecule has 0 rings (SSSR count). The summed E-state index contributed by atoms with van der Waals surface area (Å²) < 4.78 is 4.97. The second-order valence-corrected chi connectivity index (χ2v) is 2.34. The van der Waals surface area contributed by atoms with Crippen LogP contribution in [0.1, 0.15) is 26.7 Å². The predicted octanol–water partition coefficient (Wildman–Crippen LogP) is 1.80. The van der Waals surface area contributed by atoms with Crippen molar-refractivity contribution in [2.75, 3.05) is 0 Å². The predicted molar refractivity (Wildman–Crippen MR) is 45.2 cm³/mol. The minimum atomic E-state index is -0.440. The fraction of sp³-hybridized carbons (Fsp3) is 0.556. The number of allylic oxidation sites excluding steroid dienone is 1. The zero-order chi connectivity index (χ0) is 9.40. The van der Waals surface area contributed by atoms with Crippen LogP contribution in [0.3, 0.4) is 0 Å². The zero-order valence-corrected chi connectivity index (χ0v) is 7.41. The first-order valence-electron chi connectivity index (χ1n) is 4.01. The molecule has 0 fully saturated rings. The molecule has 0 aliphatic heterocycles. The summed E-state index contributed by atoms with van der Waals surface area (Å²) in [4.78, 5) is 10.9. The minimum Gasteiger partial charge on any atom is -0.459 e. The zero-order valence-electron chi connectivity index (χ0n) is 7.41. The lowest BCUT2D eigenvalue weighted by Gasteiger charge is -2.11. The number of nitriles is 1. The van der Waals surface area contributed by atoms with E-state index < -0.39 is 5.97 Å². The van der Waals surface area contributed by atoms with Gasteiger partial charge in [-0.25, -0.2) is 4.79 Å². The van der Waals surface area contributed by atoms with Crippen LogP contribution < -0.4 is 0 Å². The van der Waals surface area contributed by atoms with Crippen LogP contribution in [-0.2, 0) is 9.53 Å². The first-order chi connectivity index (χ1) is 5.74. The lowest BCUT2D eigenvalue weighted by atomic mass is 10.2. The Morgan fingerprint density at radius 2 is 2.17 bits per heavy atom. The number of carbonyl (C=O) groups excluding carboxylic acids is 1. The van der Waals surface area contributed by atoms with E-state index >= 15 is 0 Å². The highest BCUT2D eigenvalue weighted by molar-refractivity contribution is 5.82. The summed E-state index contributed by atoms with van der Waals surface area (Å²) in [7, 11) is 0. The van der Waals surface area contributed by atoms with Crippen molar-refractivity contribution in [1.82, 2.24) is 0 Å². The van der Waals surface area contributed by atoms with E-state index in [4.69, 9.17) is 10.00 Å². The van der Waals surface area contributed by atoms with Gasteiger partial charge in [0.25, 0.3) is 0 Å². The van der Waals surface area contributed by atoms with Crippen LogP contribution in [0, 0.1) is 11.3 Å². The van der Waals surface area contributed by atoms with Crippen LogP contribution in [0.4, 0.5) is 0 Å². The molecular formula is C9H13NO2. The molecule has 66 valence electrons. The van der Waals surface area contributed by atoms with Gasteiger partial charge in [-0.15, -0.1) is 0 Å². The Kier molecular flexibility index (Phi) is 5.72. The van der Waals surface area contributed by atoms with Crippen molar-refractivity contribution in [3.8, 4) is 6.07 Å². The summed E-state index contributed by atoms with van der Waals surface area (Å²) in [5.41, 5.74) is 0. The molecule has 12 heavy (non-hydrogen) atoms. The monoisotopic (exact) mass is 167 g/mol. The average Bonchev–Trinajstić information content (AvgIpc) is 2.10. The van der Waals surface area contributed by atoms with Gasteiger partial charge >= 0.3 is 5.97 Å². The molecule has 0 bridgehead atoms. The summed E-state index contributed by atoms with van der Waals surface area (Å²) in [6, 6.07) is 1.73. The van der Waals surface area contributed by atoms with Gasteiger partial charge < -0.3 is 4.74 Å². The Morgan fingerprint density at radius 3 is 2.58 bits per heavy atom. The van der Waals surface area contributed by atoms with Crippen LogP contribution in [0.15, 0.2) is 12.2 Å². The highest BCUT2D eigenvalue weighted by atomic mass is 16.5. The molecule has 0 aromatic heterocycles. The Hall–Kier alpha value is -1.30. The molecule has 0 aromatic carbocycles. The maximum Gasteiger partial charge on any atom is 0.331 e. The molecule has 0 heterocycles. The number of rotatable bonds is 4. The minimum absolute atomic E-state index is 0.0270. The van der Waals surface area contributed by atoms with E-state index in [1.807, 2.05) is 13.8 Å². The number of carbonyl (C=O) groups is 1. The maximum atomic E-state index is 10.9. The molecule has 3 nitrogen and oxygen atoms in total. The van der Waals surface area contributed by atoms with Crippen LogP contribution >= 0.6 is 0 Å². The summed E-state index contributed by atoms with van der Waals surface area (Å²) in [5, 5.41) is 8.12. The van der Waals surface area contributed by atoms with Gasteiger partial charge in [-0.05, 0) is 12.8 Å². The molecule has 0 saturated carbocycles. The van der Waals surface area contributed by atoms with Gasteiger partial charge in [0.05, 0.1) is 6.07 Å². The summed E-state index contributed by atoms with van der Waals surface area (Å²) in [5.74, 6) is -0.440. The second-order valence-electron chi connectivity index (χ2n) is 2.34. The molecule has 0 aliphatic carbocycles. The molecule has 0 amide bonds. The molecular weight excluding hydrogens is 154 g/mol. The molecule has 0 aromatic rings. The first-order valence-corrected chi connectivity index (χ1v) is 4.01. The van der Waals surface area contributed by atoms with Crippen molar-refractivity contribution in [3.05, 3.63) is 12.2 Å². The Bertz CT molecular complexity index is 199. The van der Waals surface area contributed by atoms with Crippen LogP contribution in [0.25, 0.3) is 0 Å². The second kappa shape index (κ2) is 6.41. The molecule has 0 aliphatic rings. The Morgan fingerprint density at radius 1 is 1.58 bits per heavy atom. The quantitative estimate of drug-likeness (QED) is 0.364. The fourth-order valence-corrected chi connectivity index (χ4v) is 0.764. The number of ether oxygens (including phenoxy) is 1. The van der Waals surface area contributed by atoms with E-state index in [1.54, 1.807) is 6.07 Å². The summed E-state index contributed by atoms with van der Waals surface area (Å²) in [6.07, 6.45) is 3.84. The van der Waals surface area contributed by atoms with Crippen LogP contribution in [0.2, 0.25) is 0 Å². The van der Waals surface area contributed by atoms with Gasteiger partial charge in [0.2, 0.25) is 0 Å². The molecule has 0 atom stereocenters. The summed E-state index contributed by atoms with van der Waals surface area (Å²) in [6.45, 7) is 3.91. The van der Waals surface area contributed by atoms with E-state index in [-0.39, 0.29) is 6.10 Å². The lowest BCUT2D eigenvalue weighted by Crippen LogP contribution is -2.14. The van der Waals surface area contributed by atoms with Crippen LogP contribution in [0.5, 0.6) is 0 Å². The SMILES string of the molecule is CCC(CC)OC(=O)C=CC#N. The van der Waals surface area contributed by atoms with Gasteiger partial charge in [0, 0.05) is 12.2 Å². The number of esters is 1. The van der Waals surface area contributed by atoms with Gasteiger partial charge in [-0.3, -0.25) is 0 Å².